The van der Waals surface area contributed by atoms with Crippen molar-refractivity contribution in [3.63, 3.8) is 0 Å². The van der Waals surface area contributed by atoms with E-state index in [4.69, 9.17) is 42.3 Å². The Labute approximate surface area is 249 Å². The van der Waals surface area contributed by atoms with E-state index in [1.54, 1.807) is 0 Å². The number of hydrogen-bond acceptors (Lipinski definition) is 13. The Morgan fingerprint density at radius 2 is 1.41 bits per heavy atom. The zero-order valence-electron chi connectivity index (χ0n) is 22.9. The first-order valence-corrected chi connectivity index (χ1v) is 14.6. The van der Waals surface area contributed by atoms with Crippen LogP contribution < -0.4 is 4.90 Å². The average molecular weight is 630 g/mol. The number of alkyl halides is 2. The number of rotatable bonds is 15. The summed E-state index contributed by atoms with van der Waals surface area (Å²) in [4.78, 5) is 7.54. The topological polar surface area (TPSA) is 185 Å². The Hall–Kier alpha value is -0.880. The molecule has 2 aliphatic heterocycles. The molecule has 13 nitrogen and oxygen atoms in total. The molecule has 7 N–H and O–H groups in total. The third kappa shape index (κ3) is 8.61. The third-order valence-electron chi connectivity index (χ3n) is 7.35. The molecule has 2 saturated heterocycles. The second kappa shape index (κ2) is 16.8. The smallest absolute Gasteiger partial charge is 0.187 e. The molecule has 1 aromatic carbocycles. The van der Waals surface area contributed by atoms with Crippen LogP contribution in [0, 0.1) is 0 Å². The molecular formula is C26H42Cl2N2O11. The second-order valence-electron chi connectivity index (χ2n) is 9.99. The lowest BCUT2D eigenvalue weighted by Crippen LogP contribution is -2.66. The van der Waals surface area contributed by atoms with Crippen molar-refractivity contribution < 1.29 is 54.8 Å². The number of benzene rings is 1. The van der Waals surface area contributed by atoms with Crippen LogP contribution in [0.2, 0.25) is 0 Å². The molecule has 10 atom stereocenters. The first kappa shape index (κ1) is 34.6. The molecule has 1 unspecified atom stereocenters. The summed E-state index contributed by atoms with van der Waals surface area (Å²) in [5, 5.41) is 72.8. The summed E-state index contributed by atoms with van der Waals surface area (Å²) in [7, 11) is 1.39. The monoisotopic (exact) mass is 628 g/mol. The van der Waals surface area contributed by atoms with Crippen LogP contribution in [0.4, 0.5) is 5.69 Å². The molecule has 0 spiro atoms. The van der Waals surface area contributed by atoms with E-state index in [9.17, 15) is 35.7 Å². The lowest BCUT2D eigenvalue weighted by Gasteiger charge is -2.47. The highest BCUT2D eigenvalue weighted by Crippen LogP contribution is 2.30. The molecule has 2 aliphatic rings. The maximum absolute atomic E-state index is 10.9. The maximum Gasteiger partial charge on any atom is 0.187 e. The Morgan fingerprint density at radius 3 is 1.98 bits per heavy atom. The van der Waals surface area contributed by atoms with E-state index in [1.807, 2.05) is 24.3 Å². The summed E-state index contributed by atoms with van der Waals surface area (Å²) in [5.74, 6) is 0.986. The van der Waals surface area contributed by atoms with Crippen molar-refractivity contribution in [2.75, 3.05) is 56.6 Å². The fourth-order valence-electron chi connectivity index (χ4n) is 5.02. The van der Waals surface area contributed by atoms with Crippen LogP contribution in [0.1, 0.15) is 12.0 Å². The van der Waals surface area contributed by atoms with Gasteiger partial charge in [0.2, 0.25) is 0 Å². The summed E-state index contributed by atoms with van der Waals surface area (Å²) < 4.78 is 16.8. The molecule has 3 rings (SSSR count). The normalized spacial score (nSPS) is 34.2. The fraction of sp³-hybridized carbons (Fsp3) is 0.769. The van der Waals surface area contributed by atoms with E-state index in [0.717, 1.165) is 11.3 Å². The van der Waals surface area contributed by atoms with Crippen LogP contribution >= 0.6 is 23.2 Å². The Kier molecular flexibility index (Phi) is 14.2. The van der Waals surface area contributed by atoms with Crippen LogP contribution in [0.25, 0.3) is 0 Å². The minimum absolute atomic E-state index is 0.313. The Bertz CT molecular complexity index is 881. The molecule has 0 amide bonds. The van der Waals surface area contributed by atoms with Gasteiger partial charge in [-0.1, -0.05) is 12.1 Å². The summed E-state index contributed by atoms with van der Waals surface area (Å²) >= 11 is 11.8. The minimum Gasteiger partial charge on any atom is -0.394 e. The standard InChI is InChI=1S/C26H42Cl2N2O11/c1-38-30(10-2-3-15-4-6-16(7-5-15)29(11-8-27)12-9-28)25-22(36)21(35)24(18(14-32)39-25)41-26-23(37)20(34)19(33)17(13-31)40-26/h4-7,17-26,31-37H,2-3,8-14H2,1H3/t17-,18-,19+,20+,21-,22+,23-,24-,25?,26+/m1/s1. The van der Waals surface area contributed by atoms with Gasteiger partial charge >= 0.3 is 0 Å². The quantitative estimate of drug-likeness (QED) is 0.0870. The molecule has 15 heteroatoms. The second-order valence-corrected chi connectivity index (χ2v) is 10.7. The molecule has 0 aliphatic carbocycles. The van der Waals surface area contributed by atoms with Crippen molar-refractivity contribution in [3.8, 4) is 0 Å². The van der Waals surface area contributed by atoms with Crippen molar-refractivity contribution >= 4 is 28.9 Å². The summed E-state index contributed by atoms with van der Waals surface area (Å²) in [6.07, 6.45) is -13.5. The van der Waals surface area contributed by atoms with Crippen molar-refractivity contribution in [1.82, 2.24) is 5.06 Å². The van der Waals surface area contributed by atoms with Crippen LogP contribution in [-0.2, 0) is 25.5 Å². The van der Waals surface area contributed by atoms with Gasteiger partial charge in [-0.2, -0.15) is 5.06 Å². The van der Waals surface area contributed by atoms with E-state index in [-0.39, 0.29) is 0 Å². The molecule has 236 valence electrons. The number of aliphatic hydroxyl groups excluding tert-OH is 7. The van der Waals surface area contributed by atoms with Gasteiger partial charge in [-0.15, -0.1) is 23.2 Å². The van der Waals surface area contributed by atoms with Gasteiger partial charge in [-0.05, 0) is 30.5 Å². The molecular weight excluding hydrogens is 587 g/mol. The number of halogens is 2. The molecule has 2 fully saturated rings. The first-order valence-electron chi connectivity index (χ1n) is 13.6. The molecule has 2 heterocycles. The highest BCUT2D eigenvalue weighted by molar-refractivity contribution is 6.18. The van der Waals surface area contributed by atoms with E-state index in [1.165, 1.54) is 12.2 Å². The van der Waals surface area contributed by atoms with Gasteiger partial charge < -0.3 is 54.9 Å². The molecule has 0 bridgehead atoms. The van der Waals surface area contributed by atoms with Crippen molar-refractivity contribution in [2.24, 2.45) is 0 Å². The van der Waals surface area contributed by atoms with Gasteiger partial charge in [0.25, 0.3) is 0 Å². The lowest BCUT2D eigenvalue weighted by atomic mass is 9.96. The predicted octanol–water partition coefficient (Wildman–Crippen LogP) is -1.61. The Balaban J connectivity index is 1.59. The van der Waals surface area contributed by atoms with Crippen molar-refractivity contribution in [2.45, 2.75) is 74.2 Å². The van der Waals surface area contributed by atoms with Gasteiger partial charge in [-0.3, -0.25) is 4.84 Å². The number of hydroxylamine groups is 2. The van der Waals surface area contributed by atoms with Gasteiger partial charge in [-0.25, -0.2) is 0 Å². The van der Waals surface area contributed by atoms with Crippen molar-refractivity contribution in [1.29, 1.82) is 0 Å². The van der Waals surface area contributed by atoms with E-state index in [2.05, 4.69) is 4.90 Å². The van der Waals surface area contributed by atoms with Gasteiger partial charge in [0.15, 0.2) is 12.5 Å². The summed E-state index contributed by atoms with van der Waals surface area (Å²) in [5.41, 5.74) is 2.10. The van der Waals surface area contributed by atoms with Gasteiger partial charge in [0.1, 0.15) is 48.8 Å². The highest BCUT2D eigenvalue weighted by atomic mass is 35.5. The molecule has 0 saturated carbocycles. The maximum atomic E-state index is 10.9. The zero-order chi connectivity index (χ0) is 30.1. The third-order valence-corrected chi connectivity index (χ3v) is 7.69. The number of aliphatic hydroxyl groups is 7. The van der Waals surface area contributed by atoms with Crippen molar-refractivity contribution in [3.05, 3.63) is 29.8 Å². The largest absolute Gasteiger partial charge is 0.394 e. The number of ether oxygens (including phenoxy) is 3. The van der Waals surface area contributed by atoms with E-state index < -0.39 is 74.6 Å². The number of aryl methyl sites for hydroxylation is 1. The number of anilines is 1. The molecule has 0 aromatic heterocycles. The fourth-order valence-corrected chi connectivity index (χ4v) is 5.42. The van der Waals surface area contributed by atoms with E-state index in [0.29, 0.717) is 44.2 Å². The minimum atomic E-state index is -1.73. The van der Waals surface area contributed by atoms with Gasteiger partial charge in [0.05, 0.1) is 20.3 Å². The van der Waals surface area contributed by atoms with Crippen LogP contribution in [0.3, 0.4) is 0 Å². The SMILES string of the molecule is CON(CCCc1ccc(N(CCCl)CCCl)cc1)C1O[C@H](CO)[C@@H](O[C@@H]2O[C@H](CO)[C@H](O)[C@H](O)[C@H]2O)[C@H](O)[C@@H]1O. The zero-order valence-corrected chi connectivity index (χ0v) is 24.4. The predicted molar refractivity (Wildman–Crippen MR) is 149 cm³/mol. The first-order chi connectivity index (χ1) is 19.7. The molecule has 1 aromatic rings. The van der Waals surface area contributed by atoms with Crippen LogP contribution in [0.15, 0.2) is 24.3 Å². The van der Waals surface area contributed by atoms with Crippen LogP contribution in [-0.4, -0.2) is 154 Å². The number of nitrogens with zero attached hydrogens (tertiary/aromatic N) is 2. The lowest BCUT2D eigenvalue weighted by molar-refractivity contribution is -0.367. The summed E-state index contributed by atoms with van der Waals surface area (Å²) in [6.45, 7) is 0.394. The Morgan fingerprint density at radius 1 is 0.780 bits per heavy atom. The number of hydrogen-bond donors (Lipinski definition) is 7. The molecule has 0 radical (unpaired) electrons. The average Bonchev–Trinajstić information content (AvgIpc) is 2.98. The summed E-state index contributed by atoms with van der Waals surface area (Å²) in [6, 6.07) is 8.05. The highest BCUT2D eigenvalue weighted by Gasteiger charge is 2.51. The van der Waals surface area contributed by atoms with Gasteiger partial charge in [0, 0.05) is 37.1 Å². The van der Waals surface area contributed by atoms with Crippen LogP contribution in [0.5, 0.6) is 0 Å². The molecule has 41 heavy (non-hydrogen) atoms. The van der Waals surface area contributed by atoms with E-state index >= 15 is 0 Å².